The third-order valence-electron chi connectivity index (χ3n) is 7.36. The van der Waals surface area contributed by atoms with Crippen LogP contribution >= 0.6 is 0 Å². The Morgan fingerprint density at radius 1 is 1.08 bits per heavy atom. The number of rotatable bonds is 10. The molecule has 2 aromatic carbocycles. The lowest BCUT2D eigenvalue weighted by Crippen LogP contribution is -2.38. The first-order valence-electron chi connectivity index (χ1n) is 13.4. The predicted octanol–water partition coefficient (Wildman–Crippen LogP) is 3.78. The monoisotopic (exact) mass is 538 g/mol. The predicted molar refractivity (Wildman–Crippen MR) is 152 cm³/mol. The Kier molecular flexibility index (Phi) is 8.70. The zero-order valence-corrected chi connectivity index (χ0v) is 23.0. The summed E-state index contributed by atoms with van der Waals surface area (Å²) >= 11 is 0. The third-order valence-corrected chi connectivity index (χ3v) is 9.62. The summed E-state index contributed by atoms with van der Waals surface area (Å²) in [4.78, 5) is 20.0. The number of benzene rings is 2. The number of hydrogen-bond acceptors (Lipinski definition) is 7. The van der Waals surface area contributed by atoms with Crippen molar-refractivity contribution in [2.75, 3.05) is 19.7 Å². The van der Waals surface area contributed by atoms with Gasteiger partial charge in [0.2, 0.25) is 5.91 Å². The smallest absolute Gasteiger partial charge is 0.250 e. The maximum Gasteiger partial charge on any atom is 0.250 e. The molecule has 0 spiro atoms. The van der Waals surface area contributed by atoms with Crippen molar-refractivity contribution in [1.29, 1.82) is 0 Å². The van der Waals surface area contributed by atoms with Gasteiger partial charge >= 0.3 is 0 Å². The zero-order chi connectivity index (χ0) is 27.4. The summed E-state index contributed by atoms with van der Waals surface area (Å²) in [6, 6.07) is 11.0. The number of nitrogens with zero attached hydrogens (tertiary/aromatic N) is 2. The lowest BCUT2D eigenvalue weighted by Gasteiger charge is -2.34. The summed E-state index contributed by atoms with van der Waals surface area (Å²) in [5.41, 5.74) is 16.3. The molecule has 0 saturated heterocycles. The van der Waals surface area contributed by atoms with E-state index in [1.54, 1.807) is 12.1 Å². The normalized spacial score (nSPS) is 19.1. The number of aliphatic hydroxyl groups excluding tert-OH is 1. The molecular weight excluding hydrogens is 500 g/mol. The van der Waals surface area contributed by atoms with Crippen LogP contribution in [0.15, 0.2) is 51.9 Å². The Balaban J connectivity index is 1.69. The van der Waals surface area contributed by atoms with Gasteiger partial charge in [-0.3, -0.25) is 4.79 Å². The highest BCUT2D eigenvalue weighted by atomic mass is 32.2. The second-order valence-electron chi connectivity index (χ2n) is 10.2. The second kappa shape index (κ2) is 11.8. The van der Waals surface area contributed by atoms with Gasteiger partial charge in [-0.05, 0) is 66.5 Å². The molecule has 1 heterocycles. The van der Waals surface area contributed by atoms with Crippen molar-refractivity contribution in [2.24, 2.45) is 22.4 Å². The molecule has 0 atom stereocenters. The van der Waals surface area contributed by atoms with Crippen LogP contribution in [-0.2, 0) is 21.2 Å². The molecule has 2 aromatic rings. The highest BCUT2D eigenvalue weighted by Crippen LogP contribution is 2.39. The molecule has 5 N–H and O–H groups in total. The van der Waals surface area contributed by atoms with Crippen LogP contribution in [-0.4, -0.2) is 55.1 Å². The van der Waals surface area contributed by atoms with Crippen molar-refractivity contribution >= 4 is 33.3 Å². The molecule has 1 aliphatic carbocycles. The number of amidine groups is 1. The SMILES string of the molecule is CCCN(CCC)C(=O)C1=Cc2ccc(-c3ccc(CN)c(S(=O)(=O)C4CC(CO)C4)c3)cc2N=C(N)C1. The fraction of sp³-hybridized carbons (Fsp3) is 0.448. The van der Waals surface area contributed by atoms with Crippen molar-refractivity contribution in [1.82, 2.24) is 4.90 Å². The van der Waals surface area contributed by atoms with Crippen molar-refractivity contribution < 1.29 is 18.3 Å². The van der Waals surface area contributed by atoms with Gasteiger partial charge in [0.05, 0.1) is 15.8 Å². The van der Waals surface area contributed by atoms with Crippen LogP contribution in [0.2, 0.25) is 0 Å². The molecule has 0 radical (unpaired) electrons. The molecule has 4 rings (SSSR count). The number of amides is 1. The fourth-order valence-corrected chi connectivity index (χ4v) is 7.41. The van der Waals surface area contributed by atoms with Crippen molar-refractivity contribution in [3.63, 3.8) is 0 Å². The molecule has 2 aliphatic rings. The summed E-state index contributed by atoms with van der Waals surface area (Å²) in [5.74, 6) is 0.377. The summed E-state index contributed by atoms with van der Waals surface area (Å²) in [5, 5.41) is 8.83. The molecule has 1 fully saturated rings. The molecule has 1 saturated carbocycles. The molecular formula is C29H38N4O4S. The van der Waals surface area contributed by atoms with Gasteiger partial charge in [-0.15, -0.1) is 0 Å². The lowest BCUT2D eigenvalue weighted by atomic mass is 9.86. The number of carbonyl (C=O) groups excluding carboxylic acids is 1. The molecule has 1 aliphatic heterocycles. The van der Waals surface area contributed by atoms with Crippen LogP contribution in [0, 0.1) is 5.92 Å². The van der Waals surface area contributed by atoms with E-state index in [4.69, 9.17) is 11.5 Å². The highest BCUT2D eigenvalue weighted by molar-refractivity contribution is 7.92. The van der Waals surface area contributed by atoms with Gasteiger partial charge in [-0.25, -0.2) is 13.4 Å². The third kappa shape index (κ3) is 5.70. The van der Waals surface area contributed by atoms with Crippen molar-refractivity contribution in [2.45, 2.75) is 62.6 Å². The van der Waals surface area contributed by atoms with Gasteiger partial charge in [0.1, 0.15) is 5.84 Å². The standard InChI is InChI=1S/C29H38N4O4S/c1-3-9-33(10-4-2)29(35)24-13-22-7-5-20(14-26(22)32-28(31)16-24)21-6-8-23(17-30)27(15-21)38(36,37)25-11-19(12-25)18-34/h5-8,13-15,19,25,34H,3-4,9-12,16-18,30H2,1-2H3,(H2,31,32). The number of sulfone groups is 1. The van der Waals surface area contributed by atoms with Crippen molar-refractivity contribution in [3.8, 4) is 11.1 Å². The first kappa shape index (κ1) is 28.0. The molecule has 0 aromatic heterocycles. The minimum atomic E-state index is -3.58. The summed E-state index contributed by atoms with van der Waals surface area (Å²) < 4.78 is 26.8. The van der Waals surface area contributed by atoms with Crippen molar-refractivity contribution in [3.05, 3.63) is 53.1 Å². The fourth-order valence-electron chi connectivity index (χ4n) is 5.19. The molecule has 1 amide bonds. The van der Waals surface area contributed by atoms with E-state index in [9.17, 15) is 18.3 Å². The Labute approximate surface area is 225 Å². The zero-order valence-electron chi connectivity index (χ0n) is 22.2. The molecule has 38 heavy (non-hydrogen) atoms. The van der Waals surface area contributed by atoms with Gasteiger partial charge in [0.25, 0.3) is 0 Å². The second-order valence-corrected chi connectivity index (χ2v) is 12.4. The van der Waals surface area contributed by atoms with E-state index in [-0.39, 0.29) is 36.3 Å². The van der Waals surface area contributed by atoms with Gasteiger partial charge in [-0.1, -0.05) is 38.1 Å². The van der Waals surface area contributed by atoms with E-state index >= 15 is 0 Å². The van der Waals surface area contributed by atoms with Crippen LogP contribution < -0.4 is 11.5 Å². The maximum atomic E-state index is 13.4. The first-order chi connectivity index (χ1) is 18.2. The molecule has 0 bridgehead atoms. The molecule has 9 heteroatoms. The number of nitrogens with two attached hydrogens (primary N) is 2. The minimum absolute atomic E-state index is 0.00553. The topological polar surface area (TPSA) is 139 Å². The summed E-state index contributed by atoms with van der Waals surface area (Å²) in [6.45, 7) is 5.62. The maximum absolute atomic E-state index is 13.4. The number of aliphatic imine (C=N–C) groups is 1. The van der Waals surface area contributed by atoms with Crippen LogP contribution in [0.5, 0.6) is 0 Å². The van der Waals surface area contributed by atoms with Crippen LogP contribution in [0.25, 0.3) is 17.2 Å². The largest absolute Gasteiger partial charge is 0.396 e. The lowest BCUT2D eigenvalue weighted by molar-refractivity contribution is -0.127. The van der Waals surface area contributed by atoms with Gasteiger partial charge in [0.15, 0.2) is 9.84 Å². The highest BCUT2D eigenvalue weighted by Gasteiger charge is 2.40. The van der Waals surface area contributed by atoms with Gasteiger partial charge < -0.3 is 21.5 Å². The van der Waals surface area contributed by atoms with E-state index in [1.165, 1.54) is 0 Å². The molecule has 0 unspecified atom stereocenters. The summed E-state index contributed by atoms with van der Waals surface area (Å²) in [7, 11) is -3.58. The summed E-state index contributed by atoms with van der Waals surface area (Å²) in [6.07, 6.45) is 4.82. The number of fused-ring (bicyclic) bond motifs is 1. The Hall–Kier alpha value is -3.01. The number of carbonyl (C=O) groups is 1. The average Bonchev–Trinajstić information content (AvgIpc) is 3.04. The van der Waals surface area contributed by atoms with E-state index in [0.29, 0.717) is 48.6 Å². The van der Waals surface area contributed by atoms with Crippen LogP contribution in [0.4, 0.5) is 5.69 Å². The van der Waals surface area contributed by atoms with Crippen LogP contribution in [0.3, 0.4) is 0 Å². The van der Waals surface area contributed by atoms with Crippen LogP contribution in [0.1, 0.15) is 57.1 Å². The Morgan fingerprint density at radius 3 is 2.37 bits per heavy atom. The Morgan fingerprint density at radius 2 is 1.74 bits per heavy atom. The van der Waals surface area contributed by atoms with E-state index in [1.807, 2.05) is 35.2 Å². The molecule has 8 nitrogen and oxygen atoms in total. The van der Waals surface area contributed by atoms with E-state index < -0.39 is 15.1 Å². The number of aliphatic hydroxyl groups is 1. The van der Waals surface area contributed by atoms with Gasteiger partial charge in [0, 0.05) is 43.8 Å². The quantitative estimate of drug-likeness (QED) is 0.421. The van der Waals surface area contributed by atoms with E-state index in [2.05, 4.69) is 18.8 Å². The first-order valence-corrected chi connectivity index (χ1v) is 14.9. The number of hydrogen-bond donors (Lipinski definition) is 3. The minimum Gasteiger partial charge on any atom is -0.396 e. The Bertz CT molecular complexity index is 1350. The average molecular weight is 539 g/mol. The molecule has 204 valence electrons. The van der Waals surface area contributed by atoms with E-state index in [0.717, 1.165) is 29.5 Å². The van der Waals surface area contributed by atoms with Gasteiger partial charge in [-0.2, -0.15) is 0 Å².